The highest BCUT2D eigenvalue weighted by Gasteiger charge is 2.26. The van der Waals surface area contributed by atoms with Crippen molar-refractivity contribution in [3.8, 4) is 11.6 Å². The second-order valence-corrected chi connectivity index (χ2v) is 9.23. The molecule has 3 rings (SSSR count). The summed E-state index contributed by atoms with van der Waals surface area (Å²) in [5.41, 5.74) is 1.09. The fourth-order valence-electron chi connectivity index (χ4n) is 2.95. The van der Waals surface area contributed by atoms with Gasteiger partial charge >= 0.3 is 7.60 Å². The molecule has 27 heavy (non-hydrogen) atoms. The summed E-state index contributed by atoms with van der Waals surface area (Å²) in [7, 11) is -1.02. The van der Waals surface area contributed by atoms with Crippen molar-refractivity contribution in [2.24, 2.45) is 5.92 Å². The van der Waals surface area contributed by atoms with E-state index in [1.807, 2.05) is 18.4 Å². The minimum Gasteiger partial charge on any atom is -0.445 e. The van der Waals surface area contributed by atoms with E-state index in [9.17, 15) is 18.7 Å². The van der Waals surface area contributed by atoms with Gasteiger partial charge in [-0.3, -0.25) is 4.57 Å². The molecule has 0 aliphatic heterocycles. The van der Waals surface area contributed by atoms with E-state index in [4.69, 9.17) is 4.42 Å². The Morgan fingerprint density at radius 1 is 1.37 bits per heavy atom. The van der Waals surface area contributed by atoms with Crippen LogP contribution < -0.4 is 10.4 Å². The van der Waals surface area contributed by atoms with Gasteiger partial charge in [0.25, 0.3) is 0 Å². The molecule has 0 amide bonds. The van der Waals surface area contributed by atoms with Gasteiger partial charge in [0.2, 0.25) is 5.50 Å². The molecule has 0 bridgehead atoms. The molecule has 0 unspecified atom stereocenters. The van der Waals surface area contributed by atoms with Crippen molar-refractivity contribution in [3.63, 3.8) is 0 Å². The normalized spacial score (nSPS) is 12.3. The average molecular weight is 460 g/mol. The van der Waals surface area contributed by atoms with E-state index < -0.39 is 18.9 Å². The first-order valence-electron chi connectivity index (χ1n) is 8.22. The first-order valence-corrected chi connectivity index (χ1v) is 10.6. The maximum Gasteiger partial charge on any atom is 0.391 e. The van der Waals surface area contributed by atoms with Crippen LogP contribution in [0.25, 0.3) is 22.6 Å². The van der Waals surface area contributed by atoms with Gasteiger partial charge in [0, 0.05) is 26.7 Å². The Kier molecular flexibility index (Phi) is 5.24. The minimum absolute atomic E-state index is 0.212. The minimum atomic E-state index is -4.51. The van der Waals surface area contributed by atoms with Gasteiger partial charge in [0.05, 0.1) is 21.2 Å². The topological polar surface area (TPSA) is 91.7 Å². The SMILES string of the molecule is CC(C)Cn1c(-c2ccc(P(=O)(O)O)o2)nc2cc(F)c(N(C)C)c(Br)c21. The Bertz CT molecular complexity index is 1050. The van der Waals surface area contributed by atoms with Crippen LogP contribution >= 0.6 is 23.5 Å². The fraction of sp³-hybridized carbons (Fsp3) is 0.353. The lowest BCUT2D eigenvalue weighted by Crippen LogP contribution is -2.13. The third-order valence-electron chi connectivity index (χ3n) is 3.99. The van der Waals surface area contributed by atoms with Gasteiger partial charge in [-0.25, -0.2) is 9.37 Å². The van der Waals surface area contributed by atoms with Crippen molar-refractivity contribution >= 4 is 45.7 Å². The second-order valence-electron chi connectivity index (χ2n) is 6.90. The molecule has 2 heterocycles. The van der Waals surface area contributed by atoms with E-state index in [0.717, 1.165) is 0 Å². The molecule has 7 nitrogen and oxygen atoms in total. The number of imidazole rings is 1. The van der Waals surface area contributed by atoms with Crippen LogP contribution in [0.5, 0.6) is 0 Å². The summed E-state index contributed by atoms with van der Waals surface area (Å²) in [5, 5.41) is 0. The lowest BCUT2D eigenvalue weighted by atomic mass is 10.2. The predicted molar refractivity (Wildman–Crippen MR) is 106 cm³/mol. The number of benzene rings is 1. The quantitative estimate of drug-likeness (QED) is 0.564. The van der Waals surface area contributed by atoms with E-state index in [1.165, 1.54) is 18.2 Å². The molecule has 0 aliphatic rings. The maximum absolute atomic E-state index is 14.6. The Balaban J connectivity index is 2.31. The summed E-state index contributed by atoms with van der Waals surface area (Å²) < 4.78 is 33.8. The molecule has 0 spiro atoms. The van der Waals surface area contributed by atoms with Crippen LogP contribution in [0, 0.1) is 11.7 Å². The van der Waals surface area contributed by atoms with Gasteiger partial charge in [0.15, 0.2) is 11.6 Å². The summed E-state index contributed by atoms with van der Waals surface area (Å²) in [6.45, 7) is 4.63. The Hall–Kier alpha value is -1.67. The first kappa shape index (κ1) is 20.1. The third-order valence-corrected chi connectivity index (χ3v) is 5.56. The van der Waals surface area contributed by atoms with Gasteiger partial charge in [-0.1, -0.05) is 13.8 Å². The van der Waals surface area contributed by atoms with Gasteiger partial charge in [0.1, 0.15) is 5.82 Å². The highest BCUT2D eigenvalue weighted by Crippen LogP contribution is 2.40. The zero-order valence-corrected chi connectivity index (χ0v) is 17.8. The lowest BCUT2D eigenvalue weighted by Gasteiger charge is -2.18. The number of furan rings is 1. The van der Waals surface area contributed by atoms with Gasteiger partial charge < -0.3 is 23.7 Å². The molecular formula is C17H20BrFN3O4P. The molecule has 0 saturated heterocycles. The number of rotatable bonds is 5. The lowest BCUT2D eigenvalue weighted by molar-refractivity contribution is 0.377. The van der Waals surface area contributed by atoms with Gasteiger partial charge in [-0.2, -0.15) is 0 Å². The van der Waals surface area contributed by atoms with E-state index >= 15 is 0 Å². The standard InChI is InChI=1S/C17H20BrFN3O4P/c1-9(2)8-22-16-11(7-10(19)15(14(16)18)21(3)4)20-17(22)12-5-6-13(26-12)27(23,24)25/h5-7,9H,8H2,1-4H3,(H2,23,24,25). The molecule has 0 atom stereocenters. The second kappa shape index (κ2) is 7.05. The molecule has 10 heteroatoms. The molecule has 0 aliphatic carbocycles. The van der Waals surface area contributed by atoms with Crippen molar-refractivity contribution < 1.29 is 23.2 Å². The Morgan fingerprint density at radius 3 is 2.56 bits per heavy atom. The number of aromatic nitrogens is 2. The Morgan fingerprint density at radius 2 is 2.04 bits per heavy atom. The number of anilines is 1. The Labute approximate surface area is 164 Å². The number of nitrogens with zero attached hydrogens (tertiary/aromatic N) is 3. The van der Waals surface area contributed by atoms with E-state index in [2.05, 4.69) is 20.9 Å². The molecular weight excluding hydrogens is 440 g/mol. The average Bonchev–Trinajstić information content (AvgIpc) is 3.10. The van der Waals surface area contributed by atoms with E-state index in [1.54, 1.807) is 19.0 Å². The van der Waals surface area contributed by atoms with Crippen molar-refractivity contribution in [1.29, 1.82) is 0 Å². The molecule has 0 radical (unpaired) electrons. The van der Waals surface area contributed by atoms with Crippen molar-refractivity contribution in [1.82, 2.24) is 9.55 Å². The summed E-state index contributed by atoms with van der Waals surface area (Å²) >= 11 is 3.50. The summed E-state index contributed by atoms with van der Waals surface area (Å²) in [6, 6.07) is 4.04. The molecule has 3 aromatic rings. The van der Waals surface area contributed by atoms with Crippen LogP contribution in [-0.4, -0.2) is 33.4 Å². The van der Waals surface area contributed by atoms with Crippen LogP contribution in [0.1, 0.15) is 13.8 Å². The summed E-state index contributed by atoms with van der Waals surface area (Å²) in [6.07, 6.45) is 0. The number of hydrogen-bond acceptors (Lipinski definition) is 4. The predicted octanol–water partition coefficient (Wildman–Crippen LogP) is 3.72. The zero-order valence-electron chi connectivity index (χ0n) is 15.3. The van der Waals surface area contributed by atoms with Crippen molar-refractivity contribution in [2.45, 2.75) is 20.4 Å². The van der Waals surface area contributed by atoms with Crippen LogP contribution in [0.2, 0.25) is 0 Å². The monoisotopic (exact) mass is 459 g/mol. The number of fused-ring (bicyclic) bond motifs is 1. The van der Waals surface area contributed by atoms with Crippen LogP contribution in [0.3, 0.4) is 0 Å². The molecule has 2 N–H and O–H groups in total. The van der Waals surface area contributed by atoms with Crippen LogP contribution in [0.15, 0.2) is 27.1 Å². The van der Waals surface area contributed by atoms with Crippen molar-refractivity contribution in [2.75, 3.05) is 19.0 Å². The van der Waals surface area contributed by atoms with Crippen LogP contribution in [0.4, 0.5) is 10.1 Å². The molecule has 1 aromatic carbocycles. The van der Waals surface area contributed by atoms with Gasteiger partial charge in [-0.15, -0.1) is 0 Å². The largest absolute Gasteiger partial charge is 0.445 e. The van der Waals surface area contributed by atoms with E-state index in [-0.39, 0.29) is 11.7 Å². The molecule has 0 saturated carbocycles. The smallest absolute Gasteiger partial charge is 0.391 e. The highest BCUT2D eigenvalue weighted by atomic mass is 79.9. The molecule has 2 aromatic heterocycles. The third kappa shape index (κ3) is 3.69. The van der Waals surface area contributed by atoms with E-state index in [0.29, 0.717) is 33.6 Å². The number of halogens is 2. The molecule has 0 fully saturated rings. The number of hydrogen-bond donors (Lipinski definition) is 2. The zero-order chi connectivity index (χ0) is 20.1. The van der Waals surface area contributed by atoms with Gasteiger partial charge in [-0.05, 0) is 34.0 Å². The highest BCUT2D eigenvalue weighted by molar-refractivity contribution is 9.10. The van der Waals surface area contributed by atoms with Crippen LogP contribution in [-0.2, 0) is 11.1 Å². The van der Waals surface area contributed by atoms with Crippen molar-refractivity contribution in [3.05, 3.63) is 28.5 Å². The molecule has 146 valence electrons. The fourth-order valence-corrected chi connectivity index (χ4v) is 4.40. The summed E-state index contributed by atoms with van der Waals surface area (Å²) in [4.78, 5) is 24.8. The first-order chi connectivity index (χ1) is 12.5. The summed E-state index contributed by atoms with van der Waals surface area (Å²) in [5.74, 6) is 0.422. The maximum atomic E-state index is 14.6.